The predicted molar refractivity (Wildman–Crippen MR) is 90.2 cm³/mol. The standard InChI is InChI=1S/C18H15NO2S/c1-3-7-16(21-12-14-11-20-14)13(5-1)9-10-18-19-15-6-2-4-8-17(15)22-18/h1-10,14H,11-12H2/t14-/m0/s1. The first kappa shape index (κ1) is 13.5. The van der Waals surface area contributed by atoms with Crippen LogP contribution >= 0.6 is 11.3 Å². The molecule has 0 bridgehead atoms. The smallest absolute Gasteiger partial charge is 0.126 e. The van der Waals surface area contributed by atoms with E-state index in [9.17, 15) is 0 Å². The molecule has 4 rings (SSSR count). The second-order valence-electron chi connectivity index (χ2n) is 5.16. The molecule has 0 unspecified atom stereocenters. The number of hydrogen-bond donors (Lipinski definition) is 0. The molecule has 1 atom stereocenters. The van der Waals surface area contributed by atoms with Gasteiger partial charge in [-0.2, -0.15) is 0 Å². The van der Waals surface area contributed by atoms with E-state index in [1.54, 1.807) is 11.3 Å². The van der Waals surface area contributed by atoms with E-state index in [1.165, 1.54) is 4.70 Å². The highest BCUT2D eigenvalue weighted by Gasteiger charge is 2.23. The van der Waals surface area contributed by atoms with E-state index in [4.69, 9.17) is 9.47 Å². The molecular formula is C18H15NO2S. The summed E-state index contributed by atoms with van der Waals surface area (Å²) in [5.74, 6) is 0.885. The molecule has 0 radical (unpaired) electrons. The lowest BCUT2D eigenvalue weighted by molar-refractivity contribution is 0.262. The monoisotopic (exact) mass is 309 g/mol. The van der Waals surface area contributed by atoms with Crippen LogP contribution in [-0.4, -0.2) is 24.3 Å². The summed E-state index contributed by atoms with van der Waals surface area (Å²) < 4.78 is 12.2. The molecule has 4 heteroatoms. The van der Waals surface area contributed by atoms with Gasteiger partial charge in [0.05, 0.1) is 16.8 Å². The Kier molecular flexibility index (Phi) is 3.62. The number of nitrogens with zero attached hydrogens (tertiary/aromatic N) is 1. The van der Waals surface area contributed by atoms with Gasteiger partial charge in [0.25, 0.3) is 0 Å². The van der Waals surface area contributed by atoms with Crippen molar-refractivity contribution in [3.63, 3.8) is 0 Å². The zero-order chi connectivity index (χ0) is 14.8. The summed E-state index contributed by atoms with van der Waals surface area (Å²) in [5.41, 5.74) is 2.10. The number of fused-ring (bicyclic) bond motifs is 1. The highest BCUT2D eigenvalue weighted by atomic mass is 32.1. The summed E-state index contributed by atoms with van der Waals surface area (Å²) in [7, 11) is 0. The minimum absolute atomic E-state index is 0.265. The van der Waals surface area contributed by atoms with Crippen LogP contribution < -0.4 is 4.74 Å². The van der Waals surface area contributed by atoms with Crippen LogP contribution in [0.4, 0.5) is 0 Å². The van der Waals surface area contributed by atoms with Gasteiger partial charge in [0.15, 0.2) is 0 Å². The molecule has 2 aromatic carbocycles. The number of hydrogen-bond acceptors (Lipinski definition) is 4. The lowest BCUT2D eigenvalue weighted by Crippen LogP contribution is -2.04. The Hall–Kier alpha value is -2.17. The van der Waals surface area contributed by atoms with Crippen molar-refractivity contribution in [2.45, 2.75) is 6.10 Å². The molecule has 110 valence electrons. The van der Waals surface area contributed by atoms with E-state index in [1.807, 2.05) is 48.5 Å². The minimum atomic E-state index is 0.265. The topological polar surface area (TPSA) is 34.6 Å². The Balaban J connectivity index is 1.56. The van der Waals surface area contributed by atoms with E-state index < -0.39 is 0 Å². The molecular weight excluding hydrogens is 294 g/mol. The molecule has 0 spiro atoms. The predicted octanol–water partition coefficient (Wildman–Crippen LogP) is 4.24. The molecule has 0 aliphatic carbocycles. The number of epoxide rings is 1. The van der Waals surface area contributed by atoms with E-state index >= 15 is 0 Å². The van der Waals surface area contributed by atoms with Crippen molar-refractivity contribution in [1.29, 1.82) is 0 Å². The van der Waals surface area contributed by atoms with Crippen LogP contribution in [0.15, 0.2) is 48.5 Å². The first-order valence-electron chi connectivity index (χ1n) is 7.25. The molecule has 1 aromatic heterocycles. The van der Waals surface area contributed by atoms with Gasteiger partial charge in [-0.3, -0.25) is 0 Å². The fourth-order valence-corrected chi connectivity index (χ4v) is 3.09. The Labute approximate surface area is 132 Å². The van der Waals surface area contributed by atoms with Crippen molar-refractivity contribution < 1.29 is 9.47 Å². The third-order valence-corrected chi connectivity index (χ3v) is 4.46. The van der Waals surface area contributed by atoms with Gasteiger partial charge in [-0.1, -0.05) is 30.3 Å². The highest BCUT2D eigenvalue weighted by Crippen LogP contribution is 2.25. The van der Waals surface area contributed by atoms with E-state index in [0.29, 0.717) is 6.61 Å². The summed E-state index contributed by atoms with van der Waals surface area (Å²) in [6.07, 6.45) is 4.36. The van der Waals surface area contributed by atoms with Gasteiger partial charge in [0.1, 0.15) is 23.5 Å². The van der Waals surface area contributed by atoms with Gasteiger partial charge < -0.3 is 9.47 Å². The minimum Gasteiger partial charge on any atom is -0.490 e. The van der Waals surface area contributed by atoms with Crippen molar-refractivity contribution in [1.82, 2.24) is 4.98 Å². The fourth-order valence-electron chi connectivity index (χ4n) is 2.22. The third kappa shape index (κ3) is 3.03. The average molecular weight is 309 g/mol. The Morgan fingerprint density at radius 1 is 1.14 bits per heavy atom. The zero-order valence-corrected chi connectivity index (χ0v) is 12.8. The van der Waals surface area contributed by atoms with Gasteiger partial charge in [0.2, 0.25) is 0 Å². The van der Waals surface area contributed by atoms with Crippen LogP contribution in [0.5, 0.6) is 5.75 Å². The third-order valence-electron chi connectivity index (χ3n) is 3.46. The summed E-state index contributed by atoms with van der Waals surface area (Å²) >= 11 is 1.69. The molecule has 1 saturated heterocycles. The molecule has 0 N–H and O–H groups in total. The first-order valence-corrected chi connectivity index (χ1v) is 8.07. The number of rotatable bonds is 5. The molecule has 2 heterocycles. The van der Waals surface area contributed by atoms with Crippen LogP contribution in [0, 0.1) is 0 Å². The van der Waals surface area contributed by atoms with Crippen LogP contribution in [0.2, 0.25) is 0 Å². The van der Waals surface area contributed by atoms with Gasteiger partial charge >= 0.3 is 0 Å². The van der Waals surface area contributed by atoms with Crippen LogP contribution in [0.25, 0.3) is 22.4 Å². The normalized spacial score (nSPS) is 17.2. The number of aromatic nitrogens is 1. The largest absolute Gasteiger partial charge is 0.490 e. The maximum atomic E-state index is 5.82. The van der Waals surface area contributed by atoms with Crippen LogP contribution in [-0.2, 0) is 4.74 Å². The van der Waals surface area contributed by atoms with Crippen molar-refractivity contribution in [3.8, 4) is 5.75 Å². The Morgan fingerprint density at radius 3 is 2.82 bits per heavy atom. The molecule has 3 nitrogen and oxygen atoms in total. The van der Waals surface area contributed by atoms with Crippen molar-refractivity contribution in [3.05, 3.63) is 59.1 Å². The van der Waals surface area contributed by atoms with E-state index in [0.717, 1.165) is 28.4 Å². The second kappa shape index (κ2) is 5.91. The first-order chi connectivity index (χ1) is 10.9. The van der Waals surface area contributed by atoms with Gasteiger partial charge in [0, 0.05) is 5.56 Å². The second-order valence-corrected chi connectivity index (χ2v) is 6.22. The summed E-state index contributed by atoms with van der Waals surface area (Å²) in [5, 5.41) is 1.00. The number of benzene rings is 2. The summed E-state index contributed by atoms with van der Waals surface area (Å²) in [6.45, 7) is 1.43. The van der Waals surface area contributed by atoms with E-state index in [-0.39, 0.29) is 6.10 Å². The van der Waals surface area contributed by atoms with Gasteiger partial charge in [-0.05, 0) is 30.4 Å². The number of thiazole rings is 1. The maximum Gasteiger partial charge on any atom is 0.126 e. The quantitative estimate of drug-likeness (QED) is 0.661. The molecule has 1 fully saturated rings. The molecule has 0 amide bonds. The molecule has 1 aliphatic heterocycles. The van der Waals surface area contributed by atoms with Crippen LogP contribution in [0.3, 0.4) is 0 Å². The lowest BCUT2D eigenvalue weighted by atomic mass is 10.2. The van der Waals surface area contributed by atoms with Gasteiger partial charge in [-0.15, -0.1) is 11.3 Å². The van der Waals surface area contributed by atoms with E-state index in [2.05, 4.69) is 17.1 Å². The van der Waals surface area contributed by atoms with Crippen molar-refractivity contribution in [2.75, 3.05) is 13.2 Å². The number of ether oxygens (including phenoxy) is 2. The van der Waals surface area contributed by atoms with Crippen LogP contribution in [0.1, 0.15) is 10.6 Å². The zero-order valence-electron chi connectivity index (χ0n) is 11.9. The maximum absolute atomic E-state index is 5.82. The summed E-state index contributed by atoms with van der Waals surface area (Å²) in [6, 6.07) is 16.2. The molecule has 22 heavy (non-hydrogen) atoms. The van der Waals surface area contributed by atoms with Crippen molar-refractivity contribution in [2.24, 2.45) is 0 Å². The highest BCUT2D eigenvalue weighted by molar-refractivity contribution is 7.19. The molecule has 3 aromatic rings. The van der Waals surface area contributed by atoms with Crippen molar-refractivity contribution >= 4 is 33.7 Å². The SMILES string of the molecule is C(=Cc1ccccc1OC[C@@H]1CO1)c1nc2ccccc2s1. The average Bonchev–Trinajstić information content (AvgIpc) is 3.29. The lowest BCUT2D eigenvalue weighted by Gasteiger charge is -2.07. The summed E-state index contributed by atoms with van der Waals surface area (Å²) in [4.78, 5) is 4.61. The van der Waals surface area contributed by atoms with Gasteiger partial charge in [-0.25, -0.2) is 4.98 Å². The Morgan fingerprint density at radius 2 is 1.95 bits per heavy atom. The molecule has 0 saturated carbocycles. The number of para-hydroxylation sites is 2. The molecule has 1 aliphatic rings. The Bertz CT molecular complexity index is 788. The fraction of sp³-hybridized carbons (Fsp3) is 0.167.